The van der Waals surface area contributed by atoms with Gasteiger partial charge in [0.25, 0.3) is 0 Å². The second kappa shape index (κ2) is 5.36. The molecule has 0 amide bonds. The number of aromatic amines is 1. The Kier molecular flexibility index (Phi) is 3.54. The van der Waals surface area contributed by atoms with Gasteiger partial charge in [-0.15, -0.1) is 0 Å². The summed E-state index contributed by atoms with van der Waals surface area (Å²) >= 11 is 0. The van der Waals surface area contributed by atoms with Crippen LogP contribution < -0.4 is 4.57 Å². The van der Waals surface area contributed by atoms with Gasteiger partial charge in [-0.1, -0.05) is 58.0 Å². The van der Waals surface area contributed by atoms with Crippen LogP contribution in [0.2, 0.25) is 0 Å². The van der Waals surface area contributed by atoms with E-state index in [9.17, 15) is 0 Å². The topological polar surface area (TPSA) is 19.7 Å². The van der Waals surface area contributed by atoms with Crippen molar-refractivity contribution in [2.75, 3.05) is 0 Å². The van der Waals surface area contributed by atoms with Crippen molar-refractivity contribution in [3.63, 3.8) is 0 Å². The van der Waals surface area contributed by atoms with E-state index in [1.807, 2.05) is 0 Å². The van der Waals surface area contributed by atoms with Crippen LogP contribution in [0.5, 0.6) is 0 Å². The summed E-state index contributed by atoms with van der Waals surface area (Å²) < 4.78 is 2.31. The van der Waals surface area contributed by atoms with E-state index in [2.05, 4.69) is 86.0 Å². The van der Waals surface area contributed by atoms with Gasteiger partial charge in [0.05, 0.1) is 0 Å². The van der Waals surface area contributed by atoms with Crippen LogP contribution in [0.4, 0.5) is 0 Å². The molecule has 3 aromatic rings. The monoisotopic (exact) mass is 279 g/mol. The molecule has 0 radical (unpaired) electrons. The number of para-hydroxylation sites is 3. The highest BCUT2D eigenvalue weighted by molar-refractivity contribution is 5.71. The Balaban J connectivity index is 2.35. The lowest BCUT2D eigenvalue weighted by molar-refractivity contribution is -0.568. The van der Waals surface area contributed by atoms with E-state index >= 15 is 0 Å². The molecule has 0 unspecified atom stereocenters. The van der Waals surface area contributed by atoms with Crippen molar-refractivity contribution in [3.05, 3.63) is 59.9 Å². The van der Waals surface area contributed by atoms with Crippen LogP contribution in [0.1, 0.15) is 50.7 Å². The van der Waals surface area contributed by atoms with Gasteiger partial charge >= 0.3 is 0 Å². The van der Waals surface area contributed by atoms with E-state index in [-0.39, 0.29) is 0 Å². The second-order valence-corrected chi connectivity index (χ2v) is 6.26. The fourth-order valence-corrected chi connectivity index (χ4v) is 2.98. The van der Waals surface area contributed by atoms with Crippen molar-refractivity contribution in [1.82, 2.24) is 4.98 Å². The lowest BCUT2D eigenvalue weighted by Gasteiger charge is -2.16. The maximum absolute atomic E-state index is 3.38. The zero-order valence-corrected chi connectivity index (χ0v) is 13.2. The fraction of sp³-hybridized carbons (Fsp3) is 0.316. The minimum Gasteiger partial charge on any atom is -0.243 e. The molecule has 0 aliphatic heterocycles. The summed E-state index contributed by atoms with van der Waals surface area (Å²) in [6.45, 7) is 9.05. The van der Waals surface area contributed by atoms with E-state index in [4.69, 9.17) is 0 Å². The van der Waals surface area contributed by atoms with Crippen molar-refractivity contribution in [2.24, 2.45) is 0 Å². The Labute approximate surface area is 126 Å². The molecule has 0 bridgehead atoms. The normalized spacial score (nSPS) is 11.7. The number of hydrogen-bond acceptors (Lipinski definition) is 0. The highest BCUT2D eigenvalue weighted by Crippen LogP contribution is 2.28. The zero-order chi connectivity index (χ0) is 15.0. The Morgan fingerprint density at radius 2 is 1.43 bits per heavy atom. The molecular weight excluding hydrogens is 256 g/mol. The summed E-state index contributed by atoms with van der Waals surface area (Å²) in [5, 5.41) is 0. The van der Waals surface area contributed by atoms with Crippen LogP contribution in [-0.4, -0.2) is 4.98 Å². The largest absolute Gasteiger partial charge is 0.247 e. The highest BCUT2D eigenvalue weighted by atomic mass is 15.1. The summed E-state index contributed by atoms with van der Waals surface area (Å²) in [6, 6.07) is 15.2. The van der Waals surface area contributed by atoms with Crippen LogP contribution >= 0.6 is 0 Å². The molecule has 2 heteroatoms. The van der Waals surface area contributed by atoms with Gasteiger partial charge in [0.2, 0.25) is 6.33 Å². The van der Waals surface area contributed by atoms with Crippen LogP contribution in [0.3, 0.4) is 0 Å². The molecule has 108 valence electrons. The Morgan fingerprint density at radius 3 is 2.05 bits per heavy atom. The summed E-state index contributed by atoms with van der Waals surface area (Å²) in [5.74, 6) is 1.000. The number of rotatable bonds is 3. The van der Waals surface area contributed by atoms with E-state index in [1.54, 1.807) is 0 Å². The molecule has 0 atom stereocenters. The van der Waals surface area contributed by atoms with Gasteiger partial charge in [-0.2, -0.15) is 4.57 Å². The molecule has 0 aliphatic rings. The first-order valence-electron chi connectivity index (χ1n) is 7.70. The molecule has 3 rings (SSSR count). The van der Waals surface area contributed by atoms with Gasteiger partial charge in [-0.3, -0.25) is 0 Å². The van der Waals surface area contributed by atoms with Crippen LogP contribution in [-0.2, 0) is 0 Å². The summed E-state index contributed by atoms with van der Waals surface area (Å²) in [5.41, 5.74) is 6.53. The molecule has 1 heterocycles. The standard InChI is InChI=1S/C19H22N2/c1-13(2)15-8-7-9-16(14(3)4)19(15)21-12-20-17-10-5-6-11-18(17)21/h5-14H,1-4H3/p+1. The Morgan fingerprint density at radius 1 is 0.810 bits per heavy atom. The SMILES string of the molecule is CC(C)c1cccc(C(C)C)c1-[n+]1c[nH]c2ccccc21. The van der Waals surface area contributed by atoms with Gasteiger partial charge in [0.1, 0.15) is 5.69 Å². The van der Waals surface area contributed by atoms with Crippen molar-refractivity contribution in [1.29, 1.82) is 0 Å². The van der Waals surface area contributed by atoms with Crippen molar-refractivity contribution in [3.8, 4) is 5.69 Å². The van der Waals surface area contributed by atoms with Crippen LogP contribution in [0.25, 0.3) is 16.7 Å². The lowest BCUT2D eigenvalue weighted by Crippen LogP contribution is -2.32. The molecule has 2 nitrogen and oxygen atoms in total. The molecular formula is C19H23N2+. The van der Waals surface area contributed by atoms with Gasteiger partial charge in [-0.25, -0.2) is 4.98 Å². The molecule has 0 fully saturated rings. The van der Waals surface area contributed by atoms with Crippen molar-refractivity contribution >= 4 is 11.0 Å². The van der Waals surface area contributed by atoms with E-state index in [0.29, 0.717) is 11.8 Å². The van der Waals surface area contributed by atoms with Gasteiger partial charge in [0, 0.05) is 11.1 Å². The van der Waals surface area contributed by atoms with E-state index in [1.165, 1.54) is 27.8 Å². The molecule has 1 aromatic heterocycles. The molecule has 1 N–H and O–H groups in total. The number of aromatic nitrogens is 2. The number of fused-ring (bicyclic) bond motifs is 1. The number of H-pyrrole nitrogens is 1. The molecule has 21 heavy (non-hydrogen) atoms. The number of imidazole rings is 1. The minimum atomic E-state index is 0.500. The Hall–Kier alpha value is -2.09. The van der Waals surface area contributed by atoms with Crippen molar-refractivity contribution in [2.45, 2.75) is 39.5 Å². The predicted octanol–water partition coefficient (Wildman–Crippen LogP) is 4.69. The first-order chi connectivity index (χ1) is 10.1. The molecule has 0 saturated carbocycles. The summed E-state index contributed by atoms with van der Waals surface area (Å²) in [6.07, 6.45) is 2.08. The van der Waals surface area contributed by atoms with E-state index < -0.39 is 0 Å². The van der Waals surface area contributed by atoms with Gasteiger partial charge in [0.15, 0.2) is 11.0 Å². The summed E-state index contributed by atoms with van der Waals surface area (Å²) in [7, 11) is 0. The average Bonchev–Trinajstić information content (AvgIpc) is 2.90. The average molecular weight is 279 g/mol. The van der Waals surface area contributed by atoms with Crippen molar-refractivity contribution < 1.29 is 4.57 Å². The second-order valence-electron chi connectivity index (χ2n) is 6.26. The number of nitrogens with zero attached hydrogens (tertiary/aromatic N) is 1. The smallest absolute Gasteiger partial charge is 0.243 e. The molecule has 0 spiro atoms. The minimum absolute atomic E-state index is 0.500. The van der Waals surface area contributed by atoms with Crippen LogP contribution in [0.15, 0.2) is 48.8 Å². The van der Waals surface area contributed by atoms with Gasteiger partial charge in [-0.05, 0) is 24.0 Å². The predicted molar refractivity (Wildman–Crippen MR) is 88.0 cm³/mol. The number of hydrogen-bond donors (Lipinski definition) is 1. The lowest BCUT2D eigenvalue weighted by atomic mass is 9.92. The maximum atomic E-state index is 3.38. The molecule has 0 aliphatic carbocycles. The Bertz CT molecular complexity index is 740. The molecule has 2 aromatic carbocycles. The fourth-order valence-electron chi connectivity index (χ4n) is 2.98. The zero-order valence-electron chi connectivity index (χ0n) is 13.2. The number of benzene rings is 2. The summed E-state index contributed by atoms with van der Waals surface area (Å²) in [4.78, 5) is 3.38. The first kappa shape index (κ1) is 13.9. The quantitative estimate of drug-likeness (QED) is 0.671. The first-order valence-corrected chi connectivity index (χ1v) is 7.70. The number of nitrogens with one attached hydrogen (secondary N) is 1. The van der Waals surface area contributed by atoms with Crippen LogP contribution in [0, 0.1) is 0 Å². The van der Waals surface area contributed by atoms with Gasteiger partial charge < -0.3 is 0 Å². The molecule has 0 saturated heterocycles. The van der Waals surface area contributed by atoms with E-state index in [0.717, 1.165) is 0 Å². The third-order valence-electron chi connectivity index (χ3n) is 4.10. The maximum Gasteiger partial charge on any atom is 0.247 e. The highest BCUT2D eigenvalue weighted by Gasteiger charge is 2.21. The third kappa shape index (κ3) is 2.35. The third-order valence-corrected chi connectivity index (χ3v) is 4.10.